The molecule has 3 aromatic rings. The van der Waals surface area contributed by atoms with Crippen LogP contribution in [0.4, 0.5) is 10.5 Å². The summed E-state index contributed by atoms with van der Waals surface area (Å²) in [5.41, 5.74) is 5.02. The number of anilines is 1. The topological polar surface area (TPSA) is 85.4 Å². The summed E-state index contributed by atoms with van der Waals surface area (Å²) in [6, 6.07) is 13.2. The van der Waals surface area contributed by atoms with Gasteiger partial charge in [-0.2, -0.15) is 0 Å². The Bertz CT molecular complexity index is 1100. The fraction of sp³-hybridized carbons (Fsp3) is 0.333. The molecular weight excluding hydrogens is 378 g/mol. The van der Waals surface area contributed by atoms with E-state index in [1.54, 1.807) is 0 Å². The first-order valence-electron chi connectivity index (χ1n) is 10.2. The van der Waals surface area contributed by atoms with Crippen LogP contribution in [0, 0.1) is 13.8 Å². The van der Waals surface area contributed by atoms with Crippen molar-refractivity contribution in [3.8, 4) is 0 Å². The van der Waals surface area contributed by atoms with E-state index >= 15 is 0 Å². The van der Waals surface area contributed by atoms with E-state index in [0.717, 1.165) is 22.0 Å². The highest BCUT2D eigenvalue weighted by molar-refractivity contribution is 5.89. The number of aromatic nitrogens is 1. The number of aliphatic hydroxyl groups excluding tert-OH is 1. The molecule has 0 bridgehead atoms. The van der Waals surface area contributed by atoms with E-state index in [2.05, 4.69) is 24.1 Å². The number of amides is 2. The molecule has 0 radical (unpaired) electrons. The van der Waals surface area contributed by atoms with Gasteiger partial charge in [0.15, 0.2) is 0 Å². The van der Waals surface area contributed by atoms with Gasteiger partial charge in [-0.1, -0.05) is 37.6 Å². The van der Waals surface area contributed by atoms with Gasteiger partial charge < -0.3 is 20.3 Å². The number of fused-ring (bicyclic) bond motifs is 1. The van der Waals surface area contributed by atoms with Crippen LogP contribution in [0.5, 0.6) is 0 Å². The highest BCUT2D eigenvalue weighted by atomic mass is 16.3. The van der Waals surface area contributed by atoms with Crippen molar-refractivity contribution in [1.82, 2.24) is 9.88 Å². The number of hydrogen-bond donors (Lipinski definition) is 3. The lowest BCUT2D eigenvalue weighted by atomic mass is 10.0. The van der Waals surface area contributed by atoms with Gasteiger partial charge in [-0.25, -0.2) is 4.79 Å². The van der Waals surface area contributed by atoms with Crippen LogP contribution in [0.15, 0.2) is 47.3 Å². The van der Waals surface area contributed by atoms with E-state index in [-0.39, 0.29) is 31.3 Å². The van der Waals surface area contributed by atoms with Crippen molar-refractivity contribution in [2.45, 2.75) is 40.2 Å². The molecule has 2 aromatic carbocycles. The number of nitrogens with zero attached hydrogens (tertiary/aromatic N) is 1. The normalized spacial score (nSPS) is 11.1. The minimum Gasteiger partial charge on any atom is -0.395 e. The quantitative estimate of drug-likeness (QED) is 0.570. The Kier molecular flexibility index (Phi) is 6.57. The third kappa shape index (κ3) is 4.89. The number of nitrogens with one attached hydrogen (secondary N) is 2. The van der Waals surface area contributed by atoms with Crippen LogP contribution in [-0.4, -0.2) is 34.2 Å². The summed E-state index contributed by atoms with van der Waals surface area (Å²) in [7, 11) is 0. The maximum Gasteiger partial charge on any atom is 0.322 e. The summed E-state index contributed by atoms with van der Waals surface area (Å²) in [6.45, 7) is 8.23. The van der Waals surface area contributed by atoms with Crippen molar-refractivity contribution in [3.05, 3.63) is 75.1 Å². The highest BCUT2D eigenvalue weighted by Crippen LogP contribution is 2.20. The fourth-order valence-corrected chi connectivity index (χ4v) is 3.58. The number of H-pyrrole nitrogens is 1. The molecule has 0 fully saturated rings. The Balaban J connectivity index is 1.83. The first-order valence-corrected chi connectivity index (χ1v) is 10.2. The van der Waals surface area contributed by atoms with Gasteiger partial charge in [-0.3, -0.25) is 4.79 Å². The molecule has 0 atom stereocenters. The second kappa shape index (κ2) is 9.13. The smallest absolute Gasteiger partial charge is 0.322 e. The lowest BCUT2D eigenvalue weighted by Gasteiger charge is -2.22. The molecular formula is C24H29N3O3. The van der Waals surface area contributed by atoms with Crippen LogP contribution < -0.4 is 10.9 Å². The van der Waals surface area contributed by atoms with Crippen LogP contribution in [0.25, 0.3) is 10.9 Å². The van der Waals surface area contributed by atoms with Crippen LogP contribution in [0.2, 0.25) is 0 Å². The number of aliphatic hydroxyl groups is 1. The van der Waals surface area contributed by atoms with Gasteiger partial charge in [0.2, 0.25) is 0 Å². The summed E-state index contributed by atoms with van der Waals surface area (Å²) in [5.74, 6) is 0.410. The van der Waals surface area contributed by atoms with Crippen molar-refractivity contribution in [1.29, 1.82) is 0 Å². The SMILES string of the molecule is Cc1cc(C)c2[nH]c(=O)c(CN(CCO)C(=O)Nc3ccc(C(C)C)cc3)cc2c1. The van der Waals surface area contributed by atoms with Gasteiger partial charge in [0.25, 0.3) is 5.56 Å². The third-order valence-corrected chi connectivity index (χ3v) is 5.22. The second-order valence-electron chi connectivity index (χ2n) is 8.02. The van der Waals surface area contributed by atoms with Crippen LogP contribution >= 0.6 is 0 Å². The van der Waals surface area contributed by atoms with Crippen LogP contribution in [0.1, 0.15) is 42.0 Å². The number of carbonyl (C=O) groups excluding carboxylic acids is 1. The average molecular weight is 408 g/mol. The summed E-state index contributed by atoms with van der Waals surface area (Å²) >= 11 is 0. The Morgan fingerprint density at radius 2 is 1.83 bits per heavy atom. The zero-order valence-corrected chi connectivity index (χ0v) is 18.0. The molecule has 0 aliphatic carbocycles. The van der Waals surface area contributed by atoms with Crippen molar-refractivity contribution in [3.63, 3.8) is 0 Å². The molecule has 6 heteroatoms. The Hall–Kier alpha value is -3.12. The first kappa shape index (κ1) is 21.6. The minimum absolute atomic E-state index is 0.106. The molecule has 1 aromatic heterocycles. The number of aryl methyl sites for hydroxylation is 2. The highest BCUT2D eigenvalue weighted by Gasteiger charge is 2.16. The third-order valence-electron chi connectivity index (χ3n) is 5.22. The lowest BCUT2D eigenvalue weighted by Crippen LogP contribution is -2.38. The molecule has 0 unspecified atom stereocenters. The molecule has 30 heavy (non-hydrogen) atoms. The molecule has 3 rings (SSSR count). The number of aromatic amines is 1. The molecule has 3 N–H and O–H groups in total. The van der Waals surface area contributed by atoms with Gasteiger partial charge in [0.1, 0.15) is 0 Å². The van der Waals surface area contributed by atoms with Crippen molar-refractivity contribution in [2.24, 2.45) is 0 Å². The predicted molar refractivity (Wildman–Crippen MR) is 121 cm³/mol. The van der Waals surface area contributed by atoms with Crippen LogP contribution in [-0.2, 0) is 6.54 Å². The van der Waals surface area contributed by atoms with Crippen molar-refractivity contribution >= 4 is 22.6 Å². The number of urea groups is 1. The minimum atomic E-state index is -0.360. The summed E-state index contributed by atoms with van der Waals surface area (Å²) in [5, 5.41) is 13.2. The standard InChI is InChI=1S/C24H29N3O3/c1-15(2)18-5-7-21(8-6-18)25-24(30)27(9-10-28)14-20-13-19-12-16(3)11-17(4)22(19)26-23(20)29/h5-8,11-13,15,28H,9-10,14H2,1-4H3,(H,25,30)(H,26,29). The first-order chi connectivity index (χ1) is 14.3. The number of benzene rings is 2. The molecule has 0 spiro atoms. The van der Waals surface area contributed by atoms with E-state index in [1.807, 2.05) is 56.3 Å². The number of carbonyl (C=O) groups is 1. The number of pyridine rings is 1. The molecule has 0 saturated heterocycles. The van der Waals surface area contributed by atoms with E-state index in [1.165, 1.54) is 10.5 Å². The van der Waals surface area contributed by atoms with Gasteiger partial charge in [-0.05, 0) is 60.5 Å². The van der Waals surface area contributed by atoms with E-state index in [0.29, 0.717) is 17.2 Å². The maximum atomic E-state index is 12.8. The lowest BCUT2D eigenvalue weighted by molar-refractivity contribution is 0.185. The maximum absolute atomic E-state index is 12.8. The Morgan fingerprint density at radius 1 is 1.13 bits per heavy atom. The number of hydrogen-bond acceptors (Lipinski definition) is 3. The molecule has 0 aliphatic rings. The molecule has 0 saturated carbocycles. The molecule has 2 amide bonds. The average Bonchev–Trinajstić information content (AvgIpc) is 2.69. The second-order valence-corrected chi connectivity index (χ2v) is 8.02. The van der Waals surface area contributed by atoms with E-state index in [9.17, 15) is 14.7 Å². The van der Waals surface area contributed by atoms with Gasteiger partial charge >= 0.3 is 6.03 Å². The largest absolute Gasteiger partial charge is 0.395 e. The molecule has 158 valence electrons. The molecule has 6 nitrogen and oxygen atoms in total. The van der Waals surface area contributed by atoms with Crippen LogP contribution in [0.3, 0.4) is 0 Å². The van der Waals surface area contributed by atoms with Gasteiger partial charge in [0.05, 0.1) is 18.7 Å². The summed E-state index contributed by atoms with van der Waals surface area (Å²) in [4.78, 5) is 29.8. The number of rotatable bonds is 6. The summed E-state index contributed by atoms with van der Waals surface area (Å²) in [6.07, 6.45) is 0. The summed E-state index contributed by atoms with van der Waals surface area (Å²) < 4.78 is 0. The van der Waals surface area contributed by atoms with E-state index in [4.69, 9.17) is 0 Å². The predicted octanol–water partition coefficient (Wildman–Crippen LogP) is 4.29. The van der Waals surface area contributed by atoms with Crippen molar-refractivity contribution in [2.75, 3.05) is 18.5 Å². The van der Waals surface area contributed by atoms with Gasteiger partial charge in [-0.15, -0.1) is 0 Å². The fourth-order valence-electron chi connectivity index (χ4n) is 3.58. The van der Waals surface area contributed by atoms with Gasteiger partial charge in [0, 0.05) is 17.8 Å². The Morgan fingerprint density at radius 3 is 2.47 bits per heavy atom. The van der Waals surface area contributed by atoms with E-state index < -0.39 is 0 Å². The monoisotopic (exact) mass is 407 g/mol. The zero-order chi connectivity index (χ0) is 21.8. The van der Waals surface area contributed by atoms with Crippen molar-refractivity contribution < 1.29 is 9.90 Å². The zero-order valence-electron chi connectivity index (χ0n) is 18.0. The Labute approximate surface area is 176 Å². The molecule has 0 aliphatic heterocycles. The molecule has 1 heterocycles.